The zero-order valence-electron chi connectivity index (χ0n) is 41.1. The second-order valence-electron chi connectivity index (χ2n) is 19.4. The average Bonchev–Trinajstić information content (AvgIpc) is 3.31. The molecule has 66 heavy (non-hydrogen) atoms. The quantitative estimate of drug-likeness (QED) is 0.0239. The number of aliphatic hydroxyl groups is 9. The zero-order chi connectivity index (χ0) is 48.6. The number of carbonyl (C=O) groups excluding carboxylic acids is 2. The summed E-state index contributed by atoms with van der Waals surface area (Å²) in [5.74, 6) is -1.78. The summed E-state index contributed by atoms with van der Waals surface area (Å²) in [6.07, 6.45) is 11.6. The van der Waals surface area contributed by atoms with Crippen molar-refractivity contribution >= 4 is 11.9 Å². The average molecular weight is 949 g/mol. The maximum atomic E-state index is 14.0. The van der Waals surface area contributed by atoms with E-state index in [0.717, 1.165) is 57.8 Å². The third-order valence-electron chi connectivity index (χ3n) is 13.9. The molecule has 2 saturated heterocycles. The van der Waals surface area contributed by atoms with E-state index in [2.05, 4.69) is 13.8 Å². The molecule has 9 N–H and O–H groups in total. The number of hydrogen-bond donors (Lipinski definition) is 9. The topological polar surface area (TPSA) is 253 Å². The van der Waals surface area contributed by atoms with E-state index in [0.29, 0.717) is 19.3 Å². The Morgan fingerprint density at radius 1 is 0.424 bits per heavy atom. The van der Waals surface area contributed by atoms with E-state index in [1.54, 1.807) is 0 Å². The lowest BCUT2D eigenvalue weighted by molar-refractivity contribution is -0.344. The Morgan fingerprint density at radius 3 is 1.00 bits per heavy atom. The van der Waals surface area contributed by atoms with E-state index in [1.807, 2.05) is 0 Å². The number of carbonyl (C=O) groups is 2. The summed E-state index contributed by atoms with van der Waals surface area (Å²) in [5.41, 5.74) is -2.78. The molecule has 390 valence electrons. The van der Waals surface area contributed by atoms with Crippen LogP contribution in [0, 0.1) is 0 Å². The van der Waals surface area contributed by atoms with E-state index in [-0.39, 0.29) is 12.8 Å². The number of ether oxygens (including phenoxy) is 4. The predicted octanol–water partition coefficient (Wildman–Crippen LogP) is 6.38. The molecule has 2 aliphatic rings. The molecule has 15 nitrogen and oxygen atoms in total. The minimum atomic E-state index is -2.78. The zero-order valence-corrected chi connectivity index (χ0v) is 41.1. The fourth-order valence-corrected chi connectivity index (χ4v) is 9.68. The van der Waals surface area contributed by atoms with E-state index in [4.69, 9.17) is 18.9 Å². The molecule has 0 aromatic heterocycles. The van der Waals surface area contributed by atoms with E-state index >= 15 is 0 Å². The minimum absolute atomic E-state index is 0.110. The Hall–Kier alpha value is -1.50. The van der Waals surface area contributed by atoms with Gasteiger partial charge in [-0.1, -0.05) is 194 Å². The maximum Gasteiger partial charge on any atom is 0.306 e. The summed E-state index contributed by atoms with van der Waals surface area (Å²) < 4.78 is 23.8. The summed E-state index contributed by atoms with van der Waals surface area (Å²) in [4.78, 5) is 27.5. The largest absolute Gasteiger partial charge is 0.455 e. The van der Waals surface area contributed by atoms with Crippen molar-refractivity contribution in [2.24, 2.45) is 0 Å². The highest BCUT2D eigenvalue weighted by molar-refractivity contribution is 5.71. The van der Waals surface area contributed by atoms with Crippen LogP contribution in [0.2, 0.25) is 0 Å². The molecule has 0 radical (unpaired) electrons. The Bertz CT molecular complexity index is 1170. The molecule has 0 saturated carbocycles. The first-order valence-electron chi connectivity index (χ1n) is 26.6. The summed E-state index contributed by atoms with van der Waals surface area (Å²) in [6.45, 7) is 1.54. The van der Waals surface area contributed by atoms with Crippen molar-refractivity contribution in [1.82, 2.24) is 0 Å². The lowest BCUT2D eigenvalue weighted by atomic mass is 9.73. The molecule has 0 bridgehead atoms. The van der Waals surface area contributed by atoms with Gasteiger partial charge in [0, 0.05) is 12.8 Å². The van der Waals surface area contributed by atoms with Gasteiger partial charge in [0.25, 0.3) is 0 Å². The molecule has 0 aliphatic carbocycles. The van der Waals surface area contributed by atoms with Crippen molar-refractivity contribution in [1.29, 1.82) is 0 Å². The number of hydrogen-bond acceptors (Lipinski definition) is 15. The van der Waals surface area contributed by atoms with E-state index < -0.39 is 105 Å². The van der Waals surface area contributed by atoms with Crippen LogP contribution < -0.4 is 0 Å². The summed E-state index contributed by atoms with van der Waals surface area (Å²) in [7, 11) is 0. The van der Waals surface area contributed by atoms with E-state index in [9.17, 15) is 55.5 Å². The first-order valence-corrected chi connectivity index (χ1v) is 26.6. The van der Waals surface area contributed by atoms with Crippen molar-refractivity contribution in [3.63, 3.8) is 0 Å². The van der Waals surface area contributed by atoms with Gasteiger partial charge >= 0.3 is 11.9 Å². The fraction of sp³-hybridized carbons (Fsp3) is 0.961. The number of esters is 2. The second-order valence-corrected chi connectivity index (χ2v) is 19.4. The van der Waals surface area contributed by atoms with Gasteiger partial charge in [-0.15, -0.1) is 0 Å². The van der Waals surface area contributed by atoms with Crippen LogP contribution >= 0.6 is 0 Å². The Morgan fingerprint density at radius 2 is 0.712 bits per heavy atom. The van der Waals surface area contributed by atoms with Crippen molar-refractivity contribution in [2.45, 2.75) is 292 Å². The predicted molar refractivity (Wildman–Crippen MR) is 252 cm³/mol. The Kier molecular flexibility index (Phi) is 33.5. The highest BCUT2D eigenvalue weighted by Gasteiger charge is 2.68. The summed E-state index contributed by atoms with van der Waals surface area (Å²) in [5, 5.41) is 97.8. The highest BCUT2D eigenvalue weighted by Crippen LogP contribution is 2.43. The second kappa shape index (κ2) is 36.4. The molecule has 2 heterocycles. The molecular weight excluding hydrogens is 853 g/mol. The highest BCUT2D eigenvalue weighted by atomic mass is 16.7. The molecule has 0 aromatic rings. The van der Waals surface area contributed by atoms with Crippen LogP contribution in [0.3, 0.4) is 0 Å². The Labute approximate surface area is 397 Å². The van der Waals surface area contributed by atoms with Gasteiger partial charge < -0.3 is 64.9 Å². The number of unbranched alkanes of at least 4 members (excludes halogenated alkanes) is 28. The SMILES string of the molecule is CCCCCCCCCCCCCCCCCC(=O)OC(CO)C(OC(=O)CCCCCCCCCCCCCCCCC)(C1O[C@H](CO)[C@H](O)[C@H](O)[C@H]1O)C1O[C@H](CO)[C@H](O)[C@H](O)[C@H]1O. The van der Waals surface area contributed by atoms with Crippen LogP contribution in [0.1, 0.15) is 219 Å². The smallest absolute Gasteiger partial charge is 0.306 e. The first kappa shape index (κ1) is 60.6. The van der Waals surface area contributed by atoms with Gasteiger partial charge in [0.2, 0.25) is 5.60 Å². The first-order chi connectivity index (χ1) is 31.9. The molecule has 0 spiro atoms. The number of aliphatic hydroxyl groups excluding tert-OH is 9. The normalized spacial score (nSPS) is 27.1. The molecule has 11 atom stereocenters. The van der Waals surface area contributed by atoms with Crippen molar-refractivity contribution in [3.05, 3.63) is 0 Å². The van der Waals surface area contributed by atoms with Crippen molar-refractivity contribution in [3.8, 4) is 0 Å². The molecule has 2 fully saturated rings. The molecule has 15 heteroatoms. The van der Waals surface area contributed by atoms with Gasteiger partial charge in [0.1, 0.15) is 61.0 Å². The molecule has 0 amide bonds. The molecule has 2 aliphatic heterocycles. The monoisotopic (exact) mass is 949 g/mol. The lowest BCUT2D eigenvalue weighted by Gasteiger charge is -2.55. The van der Waals surface area contributed by atoms with Gasteiger partial charge in [0.15, 0.2) is 6.10 Å². The summed E-state index contributed by atoms with van der Waals surface area (Å²) in [6, 6.07) is 0. The van der Waals surface area contributed by atoms with Gasteiger partial charge in [0.05, 0.1) is 19.8 Å². The van der Waals surface area contributed by atoms with Crippen LogP contribution in [-0.2, 0) is 28.5 Å². The van der Waals surface area contributed by atoms with Crippen LogP contribution in [0.25, 0.3) is 0 Å². The molecular formula is C51H96O15. The third-order valence-corrected chi connectivity index (χ3v) is 13.9. The van der Waals surface area contributed by atoms with Crippen LogP contribution in [0.4, 0.5) is 0 Å². The summed E-state index contributed by atoms with van der Waals surface area (Å²) >= 11 is 0. The third kappa shape index (κ3) is 21.2. The standard InChI is InChI=1S/C51H96O15/c1-3-5-7-9-11-13-15-17-19-21-23-25-27-29-31-33-41(55)65-40(37-54)51(49-47(61)45(59)43(57)38(35-52)63-49,50-48(62)46(60)44(58)39(36-53)64-50)66-42(56)34-32-30-28-26-24-22-20-18-16-14-12-10-8-6-4-2/h38-40,43-50,52-54,57-62H,3-37H2,1-2H3/t38-,39-,40?,43+,44+,45+,46+,47-,48-,49?,50?,51?/m1/s1. The van der Waals surface area contributed by atoms with Gasteiger partial charge in [-0.3, -0.25) is 9.59 Å². The molecule has 0 aromatic carbocycles. The fourth-order valence-electron chi connectivity index (χ4n) is 9.68. The minimum Gasteiger partial charge on any atom is -0.455 e. The van der Waals surface area contributed by atoms with Gasteiger partial charge in [-0.2, -0.15) is 0 Å². The molecule has 2 rings (SSSR count). The van der Waals surface area contributed by atoms with Crippen LogP contribution in [0.15, 0.2) is 0 Å². The Balaban J connectivity index is 2.14. The van der Waals surface area contributed by atoms with Crippen LogP contribution in [0.5, 0.6) is 0 Å². The lowest BCUT2D eigenvalue weighted by Crippen LogP contribution is -2.78. The van der Waals surface area contributed by atoms with Gasteiger partial charge in [-0.05, 0) is 12.8 Å². The van der Waals surface area contributed by atoms with E-state index in [1.165, 1.54) is 116 Å². The van der Waals surface area contributed by atoms with Gasteiger partial charge in [-0.25, -0.2) is 0 Å². The maximum absolute atomic E-state index is 14.0. The van der Waals surface area contributed by atoms with Crippen molar-refractivity contribution < 1.29 is 74.5 Å². The number of rotatable bonds is 40. The molecule has 3 unspecified atom stereocenters. The van der Waals surface area contributed by atoms with Crippen molar-refractivity contribution in [2.75, 3.05) is 19.8 Å². The van der Waals surface area contributed by atoms with Crippen LogP contribution in [-0.4, -0.2) is 150 Å².